The summed E-state index contributed by atoms with van der Waals surface area (Å²) in [4.78, 5) is 14.4. The van der Waals surface area contributed by atoms with Gasteiger partial charge in [0, 0.05) is 24.7 Å². The molecule has 1 aliphatic rings. The third-order valence-electron chi connectivity index (χ3n) is 3.62. The molecule has 0 atom stereocenters. The summed E-state index contributed by atoms with van der Waals surface area (Å²) in [6.45, 7) is 8.75. The van der Waals surface area contributed by atoms with Crippen molar-refractivity contribution >= 4 is 11.6 Å². The van der Waals surface area contributed by atoms with Gasteiger partial charge in [-0.1, -0.05) is 20.8 Å². The minimum atomic E-state index is -0.125. The summed E-state index contributed by atoms with van der Waals surface area (Å²) in [6, 6.07) is 3.66. The van der Waals surface area contributed by atoms with Crippen LogP contribution in [0.25, 0.3) is 5.65 Å². The number of pyridine rings is 1. The molecule has 1 aliphatic heterocycles. The van der Waals surface area contributed by atoms with Crippen LogP contribution >= 0.6 is 0 Å². The summed E-state index contributed by atoms with van der Waals surface area (Å²) < 4.78 is 7.20. The molecular weight excluding hydrogens is 268 g/mol. The molecule has 6 nitrogen and oxygen atoms in total. The van der Waals surface area contributed by atoms with Crippen LogP contribution in [0.2, 0.25) is 0 Å². The van der Waals surface area contributed by atoms with Crippen molar-refractivity contribution in [2.24, 2.45) is 0 Å². The van der Waals surface area contributed by atoms with Crippen molar-refractivity contribution in [2.45, 2.75) is 26.2 Å². The van der Waals surface area contributed by atoms with Gasteiger partial charge in [0.1, 0.15) is 5.82 Å². The molecule has 112 valence electrons. The zero-order valence-electron chi connectivity index (χ0n) is 12.7. The SMILES string of the molecule is CC(C)(C)c1nnc2ccc(C(=O)N3CCOCC3)cn12. The Morgan fingerprint density at radius 1 is 1.19 bits per heavy atom. The summed E-state index contributed by atoms with van der Waals surface area (Å²) in [5.74, 6) is 0.892. The van der Waals surface area contributed by atoms with Crippen molar-refractivity contribution in [3.63, 3.8) is 0 Å². The van der Waals surface area contributed by atoms with Crippen LogP contribution in [-0.2, 0) is 10.2 Å². The van der Waals surface area contributed by atoms with Gasteiger partial charge in [-0.15, -0.1) is 10.2 Å². The van der Waals surface area contributed by atoms with Gasteiger partial charge in [0.25, 0.3) is 5.91 Å². The van der Waals surface area contributed by atoms with Crippen molar-refractivity contribution in [1.29, 1.82) is 0 Å². The van der Waals surface area contributed by atoms with Crippen LogP contribution < -0.4 is 0 Å². The van der Waals surface area contributed by atoms with Crippen LogP contribution in [-0.4, -0.2) is 51.7 Å². The fraction of sp³-hybridized carbons (Fsp3) is 0.533. The highest BCUT2D eigenvalue weighted by atomic mass is 16.5. The first-order valence-electron chi connectivity index (χ1n) is 7.19. The van der Waals surface area contributed by atoms with Gasteiger partial charge in [-0.25, -0.2) is 0 Å². The predicted molar refractivity (Wildman–Crippen MR) is 78.4 cm³/mol. The van der Waals surface area contributed by atoms with Gasteiger partial charge in [-0.2, -0.15) is 0 Å². The molecule has 3 heterocycles. The zero-order valence-corrected chi connectivity index (χ0v) is 12.7. The van der Waals surface area contributed by atoms with E-state index in [0.29, 0.717) is 31.9 Å². The number of nitrogens with zero attached hydrogens (tertiary/aromatic N) is 4. The van der Waals surface area contributed by atoms with Crippen molar-refractivity contribution < 1.29 is 9.53 Å². The van der Waals surface area contributed by atoms with Crippen molar-refractivity contribution in [1.82, 2.24) is 19.5 Å². The van der Waals surface area contributed by atoms with Gasteiger partial charge in [-0.05, 0) is 12.1 Å². The molecule has 0 aromatic carbocycles. The highest BCUT2D eigenvalue weighted by Gasteiger charge is 2.23. The van der Waals surface area contributed by atoms with Gasteiger partial charge in [0.2, 0.25) is 0 Å². The Labute approximate surface area is 123 Å². The minimum Gasteiger partial charge on any atom is -0.378 e. The summed E-state index contributed by atoms with van der Waals surface area (Å²) in [5, 5.41) is 8.41. The lowest BCUT2D eigenvalue weighted by molar-refractivity contribution is 0.0302. The Hall–Kier alpha value is -1.95. The minimum absolute atomic E-state index is 0.0359. The zero-order chi connectivity index (χ0) is 15.0. The molecule has 1 saturated heterocycles. The number of amides is 1. The Kier molecular flexibility index (Phi) is 3.41. The summed E-state index contributed by atoms with van der Waals surface area (Å²) in [5.41, 5.74) is 1.30. The second-order valence-corrected chi connectivity index (χ2v) is 6.32. The molecule has 0 aliphatic carbocycles. The van der Waals surface area contributed by atoms with Gasteiger partial charge < -0.3 is 9.64 Å². The maximum atomic E-state index is 12.5. The molecule has 0 radical (unpaired) electrons. The third kappa shape index (κ3) is 2.63. The quantitative estimate of drug-likeness (QED) is 0.798. The van der Waals surface area contributed by atoms with E-state index in [1.54, 1.807) is 0 Å². The molecule has 0 saturated carbocycles. The van der Waals surface area contributed by atoms with E-state index in [1.807, 2.05) is 27.6 Å². The van der Waals surface area contributed by atoms with Crippen LogP contribution in [0.5, 0.6) is 0 Å². The Balaban J connectivity index is 1.98. The van der Waals surface area contributed by atoms with Gasteiger partial charge in [0.15, 0.2) is 5.65 Å². The first kappa shape index (κ1) is 14.0. The summed E-state index contributed by atoms with van der Waals surface area (Å²) in [6.07, 6.45) is 1.84. The lowest BCUT2D eigenvalue weighted by Gasteiger charge is -2.27. The number of carbonyl (C=O) groups excluding carboxylic acids is 1. The lowest BCUT2D eigenvalue weighted by Crippen LogP contribution is -2.40. The number of hydrogen-bond donors (Lipinski definition) is 0. The Bertz CT molecular complexity index is 666. The predicted octanol–water partition coefficient (Wildman–Crippen LogP) is 1.50. The number of aromatic nitrogens is 3. The number of fused-ring (bicyclic) bond motifs is 1. The number of ether oxygens (including phenoxy) is 1. The number of carbonyl (C=O) groups is 1. The number of rotatable bonds is 1. The van der Waals surface area contributed by atoms with Crippen LogP contribution in [0, 0.1) is 0 Å². The van der Waals surface area contributed by atoms with E-state index < -0.39 is 0 Å². The largest absolute Gasteiger partial charge is 0.378 e. The maximum absolute atomic E-state index is 12.5. The third-order valence-corrected chi connectivity index (χ3v) is 3.62. The highest BCUT2D eigenvalue weighted by Crippen LogP contribution is 2.21. The molecule has 2 aromatic rings. The van der Waals surface area contributed by atoms with Crippen molar-refractivity contribution in [3.05, 3.63) is 29.7 Å². The first-order valence-corrected chi connectivity index (χ1v) is 7.19. The van der Waals surface area contributed by atoms with Gasteiger partial charge >= 0.3 is 0 Å². The molecule has 6 heteroatoms. The number of hydrogen-bond acceptors (Lipinski definition) is 4. The van der Waals surface area contributed by atoms with Crippen molar-refractivity contribution in [3.8, 4) is 0 Å². The van der Waals surface area contributed by atoms with E-state index in [0.717, 1.165) is 11.5 Å². The van der Waals surface area contributed by atoms with E-state index in [-0.39, 0.29) is 11.3 Å². The van der Waals surface area contributed by atoms with E-state index in [2.05, 4.69) is 31.0 Å². The van der Waals surface area contributed by atoms with Crippen LogP contribution in [0.4, 0.5) is 0 Å². The molecule has 3 rings (SSSR count). The van der Waals surface area contributed by atoms with E-state index in [1.165, 1.54) is 0 Å². The highest BCUT2D eigenvalue weighted by molar-refractivity contribution is 5.94. The van der Waals surface area contributed by atoms with E-state index in [9.17, 15) is 4.79 Å². The average Bonchev–Trinajstić information content (AvgIpc) is 2.90. The smallest absolute Gasteiger partial charge is 0.255 e. The fourth-order valence-electron chi connectivity index (χ4n) is 2.48. The van der Waals surface area contributed by atoms with E-state index >= 15 is 0 Å². The lowest BCUT2D eigenvalue weighted by atomic mass is 9.96. The molecule has 0 N–H and O–H groups in total. The molecule has 1 amide bonds. The normalized spacial score (nSPS) is 16.4. The summed E-state index contributed by atoms with van der Waals surface area (Å²) in [7, 11) is 0. The molecule has 21 heavy (non-hydrogen) atoms. The van der Waals surface area contributed by atoms with Gasteiger partial charge in [0.05, 0.1) is 18.8 Å². The second kappa shape index (κ2) is 5.11. The van der Waals surface area contributed by atoms with Crippen LogP contribution in [0.1, 0.15) is 37.0 Å². The number of morpholine rings is 1. The van der Waals surface area contributed by atoms with Crippen LogP contribution in [0.15, 0.2) is 18.3 Å². The Morgan fingerprint density at radius 2 is 1.90 bits per heavy atom. The van der Waals surface area contributed by atoms with E-state index in [4.69, 9.17) is 4.74 Å². The summed E-state index contributed by atoms with van der Waals surface area (Å²) >= 11 is 0. The fourth-order valence-corrected chi connectivity index (χ4v) is 2.48. The van der Waals surface area contributed by atoms with Crippen LogP contribution in [0.3, 0.4) is 0 Å². The van der Waals surface area contributed by atoms with Crippen molar-refractivity contribution in [2.75, 3.05) is 26.3 Å². The molecule has 2 aromatic heterocycles. The monoisotopic (exact) mass is 288 g/mol. The molecular formula is C15H20N4O2. The Morgan fingerprint density at radius 3 is 2.57 bits per heavy atom. The molecule has 0 spiro atoms. The molecule has 1 fully saturated rings. The maximum Gasteiger partial charge on any atom is 0.255 e. The van der Waals surface area contributed by atoms with Gasteiger partial charge in [-0.3, -0.25) is 9.20 Å². The standard InChI is InChI=1S/C15H20N4O2/c1-15(2,3)14-17-16-12-5-4-11(10-19(12)14)13(20)18-6-8-21-9-7-18/h4-5,10H,6-9H2,1-3H3. The molecule has 0 bridgehead atoms. The molecule has 0 unspecified atom stereocenters. The topological polar surface area (TPSA) is 59.7 Å². The second-order valence-electron chi connectivity index (χ2n) is 6.32. The first-order chi connectivity index (χ1) is 9.97. The average molecular weight is 288 g/mol.